The van der Waals surface area contributed by atoms with Crippen LogP contribution in [0.5, 0.6) is 0 Å². The molecule has 1 aliphatic rings. The Balaban J connectivity index is 1.52. The van der Waals surface area contributed by atoms with Gasteiger partial charge < -0.3 is 15.3 Å². The van der Waals surface area contributed by atoms with E-state index in [0.717, 1.165) is 18.4 Å². The zero-order chi connectivity index (χ0) is 18.5. The first kappa shape index (κ1) is 17.9. The van der Waals surface area contributed by atoms with Crippen LogP contribution in [-0.2, 0) is 22.4 Å². The Bertz CT molecular complexity index is 802. The van der Waals surface area contributed by atoms with Gasteiger partial charge in [-0.1, -0.05) is 18.2 Å². The predicted molar refractivity (Wildman–Crippen MR) is 95.3 cm³/mol. The number of carbonyl (C=O) groups is 2. The molecule has 1 amide bonds. The summed E-state index contributed by atoms with van der Waals surface area (Å²) in [5, 5.41) is 13.8. The summed E-state index contributed by atoms with van der Waals surface area (Å²) in [6.45, 7) is 1.55. The van der Waals surface area contributed by atoms with Gasteiger partial charge in [0.1, 0.15) is 0 Å². The topological polar surface area (TPSA) is 82.3 Å². The number of benzene rings is 1. The third kappa shape index (κ3) is 4.39. The second kappa shape index (κ2) is 7.99. The largest absolute Gasteiger partial charge is 0.619 e. The number of hydrogen-bond donors (Lipinski definition) is 1. The monoisotopic (exact) mass is 354 g/mol. The van der Waals surface area contributed by atoms with Crippen molar-refractivity contribution < 1.29 is 19.1 Å². The lowest BCUT2D eigenvalue weighted by Gasteiger charge is -2.20. The van der Waals surface area contributed by atoms with Crippen LogP contribution in [0.2, 0.25) is 0 Å². The van der Waals surface area contributed by atoms with Crippen LogP contribution in [0.3, 0.4) is 0 Å². The second-order valence-electron chi connectivity index (χ2n) is 6.55. The number of amides is 1. The first-order chi connectivity index (χ1) is 12.5. The van der Waals surface area contributed by atoms with E-state index in [-0.39, 0.29) is 24.1 Å². The Morgan fingerprint density at radius 1 is 1.15 bits per heavy atom. The lowest BCUT2D eigenvalue weighted by atomic mass is 9.89. The summed E-state index contributed by atoms with van der Waals surface area (Å²) in [4.78, 5) is 23.9. The number of fused-ring (bicyclic) bond motifs is 1. The number of pyridine rings is 1. The first-order valence-corrected chi connectivity index (χ1v) is 8.80. The summed E-state index contributed by atoms with van der Waals surface area (Å²) >= 11 is 0. The maximum absolute atomic E-state index is 12.1. The summed E-state index contributed by atoms with van der Waals surface area (Å²) < 4.78 is 5.57. The van der Waals surface area contributed by atoms with Gasteiger partial charge in [-0.25, -0.2) is 4.79 Å². The van der Waals surface area contributed by atoms with Gasteiger partial charge in [0.15, 0.2) is 19.0 Å². The third-order valence-corrected chi connectivity index (χ3v) is 4.62. The van der Waals surface area contributed by atoms with Gasteiger partial charge in [0.05, 0.1) is 11.6 Å². The van der Waals surface area contributed by atoms with Crippen LogP contribution in [-0.4, -0.2) is 18.5 Å². The van der Waals surface area contributed by atoms with E-state index in [2.05, 4.69) is 17.4 Å². The summed E-state index contributed by atoms with van der Waals surface area (Å²) in [6.07, 6.45) is 7.06. The number of rotatable bonds is 5. The molecular formula is C20H22N2O4. The van der Waals surface area contributed by atoms with Crippen LogP contribution in [0.1, 0.15) is 52.9 Å². The summed E-state index contributed by atoms with van der Waals surface area (Å²) in [5.74, 6) is -0.999. The highest BCUT2D eigenvalue weighted by atomic mass is 16.5. The van der Waals surface area contributed by atoms with Crippen molar-refractivity contribution in [2.75, 3.05) is 6.61 Å². The van der Waals surface area contributed by atoms with Gasteiger partial charge in [-0.15, -0.1) is 0 Å². The zero-order valence-corrected chi connectivity index (χ0v) is 14.7. The number of carbonyl (C=O) groups excluding carboxylic acids is 2. The van der Waals surface area contributed by atoms with Gasteiger partial charge in [0, 0.05) is 12.1 Å². The number of aryl methyl sites for hydroxylation is 2. The molecule has 3 rings (SSSR count). The van der Waals surface area contributed by atoms with E-state index in [9.17, 15) is 14.8 Å². The average Bonchev–Trinajstić information content (AvgIpc) is 2.66. The van der Waals surface area contributed by atoms with Crippen molar-refractivity contribution in [2.24, 2.45) is 0 Å². The molecule has 1 aromatic carbocycles. The van der Waals surface area contributed by atoms with Crippen LogP contribution < -0.4 is 10.0 Å². The van der Waals surface area contributed by atoms with Crippen molar-refractivity contribution in [2.45, 2.75) is 38.6 Å². The summed E-state index contributed by atoms with van der Waals surface area (Å²) in [5.41, 5.74) is 4.04. The van der Waals surface area contributed by atoms with Crippen molar-refractivity contribution in [3.05, 3.63) is 70.2 Å². The van der Waals surface area contributed by atoms with Gasteiger partial charge in [-0.2, -0.15) is 4.73 Å². The fraction of sp³-hybridized carbons (Fsp3) is 0.350. The molecule has 1 heterocycles. The molecule has 0 bridgehead atoms. The molecule has 0 saturated carbocycles. The van der Waals surface area contributed by atoms with Crippen LogP contribution in [0, 0.1) is 5.21 Å². The Morgan fingerprint density at radius 3 is 2.58 bits per heavy atom. The van der Waals surface area contributed by atoms with E-state index >= 15 is 0 Å². The quantitative estimate of drug-likeness (QED) is 0.507. The van der Waals surface area contributed by atoms with E-state index in [1.807, 2.05) is 13.0 Å². The van der Waals surface area contributed by atoms with Gasteiger partial charge >= 0.3 is 5.97 Å². The van der Waals surface area contributed by atoms with Crippen molar-refractivity contribution in [3.63, 3.8) is 0 Å². The number of nitrogens with one attached hydrogen (secondary N) is 1. The van der Waals surface area contributed by atoms with Crippen LogP contribution in [0.15, 0.2) is 42.7 Å². The fourth-order valence-electron chi connectivity index (χ4n) is 3.15. The highest BCUT2D eigenvalue weighted by Gasteiger charge is 2.16. The number of nitrogens with zero attached hydrogens (tertiary/aromatic N) is 1. The lowest BCUT2D eigenvalue weighted by molar-refractivity contribution is -0.605. The standard InChI is InChI=1S/C20H22N2O4/c1-14(17-7-6-15-4-2-3-5-18(15)12-17)21-19(23)13-26-20(24)16-8-10-22(25)11-9-16/h6-12,14H,2-5,13H2,1H3,(H,21,23)/t14-/m1/s1. The maximum Gasteiger partial charge on any atom is 0.339 e. The van der Waals surface area contributed by atoms with Gasteiger partial charge in [-0.05, 0) is 49.3 Å². The molecule has 0 radical (unpaired) electrons. The van der Waals surface area contributed by atoms with E-state index < -0.39 is 5.97 Å². The van der Waals surface area contributed by atoms with E-state index in [1.54, 1.807) is 0 Å². The molecule has 1 atom stereocenters. The Labute approximate surface area is 152 Å². The Morgan fingerprint density at radius 2 is 1.85 bits per heavy atom. The second-order valence-corrected chi connectivity index (χ2v) is 6.55. The minimum absolute atomic E-state index is 0.162. The van der Waals surface area contributed by atoms with E-state index in [1.165, 1.54) is 48.5 Å². The predicted octanol–water partition coefficient (Wildman–Crippen LogP) is 2.23. The van der Waals surface area contributed by atoms with Crippen molar-refractivity contribution in [3.8, 4) is 0 Å². The van der Waals surface area contributed by atoms with Crippen LogP contribution >= 0.6 is 0 Å². The molecule has 0 spiro atoms. The highest BCUT2D eigenvalue weighted by molar-refractivity contribution is 5.91. The lowest BCUT2D eigenvalue weighted by Crippen LogP contribution is -2.31. The van der Waals surface area contributed by atoms with E-state index in [4.69, 9.17) is 4.74 Å². The van der Waals surface area contributed by atoms with Gasteiger partial charge in [0.25, 0.3) is 5.91 Å². The number of ether oxygens (including phenoxy) is 1. The summed E-state index contributed by atoms with van der Waals surface area (Å²) in [7, 11) is 0. The van der Waals surface area contributed by atoms with Gasteiger partial charge in [-0.3, -0.25) is 4.79 Å². The molecule has 0 unspecified atom stereocenters. The van der Waals surface area contributed by atoms with Crippen molar-refractivity contribution in [1.29, 1.82) is 0 Å². The first-order valence-electron chi connectivity index (χ1n) is 8.80. The minimum Gasteiger partial charge on any atom is -0.619 e. The van der Waals surface area contributed by atoms with Crippen molar-refractivity contribution in [1.82, 2.24) is 5.32 Å². The molecule has 1 aromatic heterocycles. The molecule has 0 aliphatic heterocycles. The third-order valence-electron chi connectivity index (χ3n) is 4.62. The Kier molecular flexibility index (Phi) is 5.51. The average molecular weight is 354 g/mol. The summed E-state index contributed by atoms with van der Waals surface area (Å²) in [6, 6.07) is 8.89. The normalized spacial score (nSPS) is 14.2. The van der Waals surface area contributed by atoms with E-state index in [0.29, 0.717) is 4.73 Å². The maximum atomic E-state index is 12.1. The number of aromatic nitrogens is 1. The molecule has 136 valence electrons. The SMILES string of the molecule is C[C@@H](NC(=O)COC(=O)c1cc[n+]([O-])cc1)c1ccc2c(c1)CCCC2. The van der Waals surface area contributed by atoms with Crippen LogP contribution in [0.4, 0.5) is 0 Å². The number of hydrogen-bond acceptors (Lipinski definition) is 4. The smallest absolute Gasteiger partial charge is 0.339 e. The molecule has 6 heteroatoms. The van der Waals surface area contributed by atoms with Crippen molar-refractivity contribution >= 4 is 11.9 Å². The van der Waals surface area contributed by atoms with Crippen LogP contribution in [0.25, 0.3) is 0 Å². The molecule has 26 heavy (non-hydrogen) atoms. The molecule has 6 nitrogen and oxygen atoms in total. The molecular weight excluding hydrogens is 332 g/mol. The number of esters is 1. The minimum atomic E-state index is -0.637. The molecule has 0 saturated heterocycles. The fourth-order valence-corrected chi connectivity index (χ4v) is 3.15. The highest BCUT2D eigenvalue weighted by Crippen LogP contribution is 2.24. The molecule has 1 N–H and O–H groups in total. The molecule has 0 fully saturated rings. The van der Waals surface area contributed by atoms with Gasteiger partial charge in [0.2, 0.25) is 0 Å². The Hall–Kier alpha value is -2.89. The molecule has 1 aliphatic carbocycles. The molecule has 2 aromatic rings. The zero-order valence-electron chi connectivity index (χ0n) is 14.7.